The molecule has 0 bridgehead atoms. The van der Waals surface area contributed by atoms with Crippen molar-refractivity contribution < 1.29 is 18.3 Å². The Hall–Kier alpha value is -2.98. The number of benzene rings is 1. The molecule has 0 spiro atoms. The minimum absolute atomic E-state index is 0.0725. The molecule has 0 aliphatic carbocycles. The van der Waals surface area contributed by atoms with E-state index in [2.05, 4.69) is 15.0 Å². The van der Waals surface area contributed by atoms with Gasteiger partial charge in [0.2, 0.25) is 5.28 Å². The van der Waals surface area contributed by atoms with Gasteiger partial charge in [-0.1, -0.05) is 24.3 Å². The summed E-state index contributed by atoms with van der Waals surface area (Å²) in [5, 5.41) is 8.26. The SMILES string of the molecule is [B]C([B])(O)n1cc(C(F)(F)F)nc1-c1ccc(C([B])([B])n2c(=O)ccc3cnc(Cl)nc32)cc1. The zero-order valence-corrected chi connectivity index (χ0v) is 17.8. The second-order valence-electron chi connectivity index (χ2n) is 7.43. The van der Waals surface area contributed by atoms with E-state index in [0.717, 1.165) is 4.57 Å². The van der Waals surface area contributed by atoms with Crippen molar-refractivity contribution in [2.45, 2.75) is 17.0 Å². The molecule has 162 valence electrons. The van der Waals surface area contributed by atoms with E-state index in [9.17, 15) is 23.1 Å². The second-order valence-corrected chi connectivity index (χ2v) is 7.77. The third kappa shape index (κ3) is 4.27. The van der Waals surface area contributed by atoms with E-state index in [1.54, 1.807) is 0 Å². The van der Waals surface area contributed by atoms with Crippen molar-refractivity contribution in [3.05, 3.63) is 75.7 Å². The minimum Gasteiger partial charge on any atom is -0.389 e. The van der Waals surface area contributed by atoms with Crippen LogP contribution >= 0.6 is 11.6 Å². The van der Waals surface area contributed by atoms with Crippen LogP contribution in [0.1, 0.15) is 11.3 Å². The van der Waals surface area contributed by atoms with E-state index in [-0.39, 0.29) is 27.9 Å². The van der Waals surface area contributed by atoms with Crippen molar-refractivity contribution in [2.75, 3.05) is 0 Å². The quantitative estimate of drug-likeness (QED) is 0.355. The maximum absolute atomic E-state index is 13.2. The van der Waals surface area contributed by atoms with Gasteiger partial charge in [-0.2, -0.15) is 18.2 Å². The van der Waals surface area contributed by atoms with Gasteiger partial charge in [0.05, 0.1) is 21.2 Å². The van der Waals surface area contributed by atoms with Crippen LogP contribution < -0.4 is 5.56 Å². The fourth-order valence-corrected chi connectivity index (χ4v) is 3.49. The monoisotopic (exact) mass is 475 g/mol. The highest BCUT2D eigenvalue weighted by Gasteiger charge is 2.36. The van der Waals surface area contributed by atoms with Crippen LogP contribution in [0.5, 0.6) is 0 Å². The second kappa shape index (κ2) is 8.06. The first-order chi connectivity index (χ1) is 15.7. The molecule has 4 aromatic rings. The minimum atomic E-state index is -4.81. The molecule has 0 aliphatic rings. The average molecular weight is 475 g/mol. The Morgan fingerprint density at radius 3 is 2.21 bits per heavy atom. The van der Waals surface area contributed by atoms with Gasteiger partial charge in [-0.15, -0.1) is 0 Å². The summed E-state index contributed by atoms with van der Waals surface area (Å²) in [4.78, 5) is 24.0. The predicted octanol–water partition coefficient (Wildman–Crippen LogP) is 1.22. The molecule has 0 saturated heterocycles. The van der Waals surface area contributed by atoms with E-state index >= 15 is 0 Å². The number of aromatic nitrogens is 5. The average Bonchev–Trinajstić information content (AvgIpc) is 3.20. The van der Waals surface area contributed by atoms with Crippen LogP contribution in [-0.4, -0.2) is 60.6 Å². The van der Waals surface area contributed by atoms with Gasteiger partial charge in [-0.05, 0) is 28.6 Å². The van der Waals surface area contributed by atoms with Gasteiger partial charge < -0.3 is 14.2 Å². The van der Waals surface area contributed by atoms with Crippen molar-refractivity contribution in [3.8, 4) is 11.4 Å². The number of nitrogens with zero attached hydrogens (tertiary/aromatic N) is 5. The van der Waals surface area contributed by atoms with E-state index in [1.165, 1.54) is 42.6 Å². The Morgan fingerprint density at radius 1 is 0.971 bits per heavy atom. The number of hydrogen-bond acceptors (Lipinski definition) is 5. The largest absolute Gasteiger partial charge is 0.434 e. The zero-order valence-electron chi connectivity index (χ0n) is 17.0. The summed E-state index contributed by atoms with van der Waals surface area (Å²) in [6.45, 7) is 0. The number of aliphatic hydroxyl groups is 1. The van der Waals surface area contributed by atoms with E-state index in [1.807, 2.05) is 0 Å². The summed E-state index contributed by atoms with van der Waals surface area (Å²) in [5.41, 5.74) is -4.20. The molecule has 0 amide bonds. The van der Waals surface area contributed by atoms with Gasteiger partial charge in [0.25, 0.3) is 5.56 Å². The first-order valence-corrected chi connectivity index (χ1v) is 9.78. The predicted molar refractivity (Wildman–Crippen MR) is 122 cm³/mol. The highest BCUT2D eigenvalue weighted by Crippen LogP contribution is 2.33. The summed E-state index contributed by atoms with van der Waals surface area (Å²) in [6, 6.07) is 8.08. The topological polar surface area (TPSA) is 85.8 Å². The molecule has 0 fully saturated rings. The number of fused-ring (bicyclic) bond motifs is 1. The molecular weight excluding hydrogens is 466 g/mol. The lowest BCUT2D eigenvalue weighted by Crippen LogP contribution is -2.43. The molecule has 7 nitrogen and oxygen atoms in total. The molecular formula is C19H9B4ClF3N5O2. The molecule has 3 heterocycles. The van der Waals surface area contributed by atoms with Crippen molar-refractivity contribution in [1.29, 1.82) is 0 Å². The molecule has 0 atom stereocenters. The molecule has 0 aliphatic heterocycles. The first-order valence-electron chi connectivity index (χ1n) is 9.40. The van der Waals surface area contributed by atoms with Crippen LogP contribution in [0.2, 0.25) is 5.28 Å². The van der Waals surface area contributed by atoms with Gasteiger partial charge >= 0.3 is 6.18 Å². The Morgan fingerprint density at radius 2 is 1.62 bits per heavy atom. The summed E-state index contributed by atoms with van der Waals surface area (Å²) in [6.07, 6.45) is -2.94. The molecule has 4 rings (SSSR count). The summed E-state index contributed by atoms with van der Waals surface area (Å²) in [7, 11) is 23.4. The molecule has 0 saturated carbocycles. The molecule has 1 aromatic carbocycles. The highest BCUT2D eigenvalue weighted by atomic mass is 35.5. The van der Waals surface area contributed by atoms with Crippen LogP contribution in [0.25, 0.3) is 22.4 Å². The standard InChI is InChI=1S/C19H9B4ClF3N5O2/c20-17(21,32-13(33)6-3-10-7-28-16(24)30-15(10)32)11-4-1-9(2-5-11)14-29-12(18(25,26)27)8-31(14)19(22,23)34/h1-8,34H. The molecule has 3 aromatic heterocycles. The van der Waals surface area contributed by atoms with Crippen LogP contribution in [0, 0.1) is 0 Å². The number of alkyl halides is 3. The van der Waals surface area contributed by atoms with Crippen LogP contribution in [0.15, 0.2) is 53.6 Å². The lowest BCUT2D eigenvalue weighted by molar-refractivity contribution is -0.141. The maximum Gasteiger partial charge on any atom is 0.434 e. The van der Waals surface area contributed by atoms with Crippen LogP contribution in [-0.2, 0) is 17.0 Å². The molecule has 1 N–H and O–H groups in total. The van der Waals surface area contributed by atoms with Crippen molar-refractivity contribution in [2.24, 2.45) is 0 Å². The van der Waals surface area contributed by atoms with Gasteiger partial charge in [0, 0.05) is 29.4 Å². The van der Waals surface area contributed by atoms with Crippen molar-refractivity contribution in [3.63, 3.8) is 0 Å². The van der Waals surface area contributed by atoms with Gasteiger partial charge in [0.15, 0.2) is 5.69 Å². The number of halogens is 4. The number of hydrogen-bond donors (Lipinski definition) is 1. The zero-order chi connectivity index (χ0) is 25.1. The van der Waals surface area contributed by atoms with Crippen molar-refractivity contribution in [1.82, 2.24) is 24.1 Å². The number of rotatable bonds is 4. The van der Waals surface area contributed by atoms with E-state index < -0.39 is 28.3 Å². The first kappa shape index (κ1) is 24.2. The Kier molecular flexibility index (Phi) is 5.72. The van der Waals surface area contributed by atoms with E-state index in [4.69, 9.17) is 43.0 Å². The van der Waals surface area contributed by atoms with Crippen molar-refractivity contribution >= 4 is 54.0 Å². The normalized spacial score (nSPS) is 12.9. The smallest absolute Gasteiger partial charge is 0.389 e. The van der Waals surface area contributed by atoms with Crippen LogP contribution in [0.4, 0.5) is 13.2 Å². The molecule has 34 heavy (non-hydrogen) atoms. The third-order valence-corrected chi connectivity index (χ3v) is 5.14. The summed E-state index contributed by atoms with van der Waals surface area (Å²) >= 11 is 5.86. The number of pyridine rings is 1. The van der Waals surface area contributed by atoms with Gasteiger partial charge in [-0.25, -0.2) is 9.97 Å². The Bertz CT molecular complexity index is 1450. The molecule has 0 unspecified atom stereocenters. The third-order valence-electron chi connectivity index (χ3n) is 4.96. The lowest BCUT2D eigenvalue weighted by Gasteiger charge is -2.31. The fourth-order valence-electron chi connectivity index (χ4n) is 3.36. The Labute approximate surface area is 200 Å². The van der Waals surface area contributed by atoms with Gasteiger partial charge in [-0.3, -0.25) is 4.79 Å². The van der Waals surface area contributed by atoms with E-state index in [0.29, 0.717) is 16.2 Å². The Balaban J connectivity index is 1.83. The maximum atomic E-state index is 13.2. The lowest BCUT2D eigenvalue weighted by atomic mass is 9.57. The summed E-state index contributed by atoms with van der Waals surface area (Å²) in [5.74, 6) is -0.368. The highest BCUT2D eigenvalue weighted by molar-refractivity contribution is 6.40. The number of imidazole rings is 1. The van der Waals surface area contributed by atoms with Crippen LogP contribution in [0.3, 0.4) is 0 Å². The molecule has 8 radical (unpaired) electrons. The summed E-state index contributed by atoms with van der Waals surface area (Å²) < 4.78 is 41.1. The molecule has 15 heteroatoms. The fraction of sp³-hybridized carbons (Fsp3) is 0.158. The van der Waals surface area contributed by atoms with Gasteiger partial charge in [0.1, 0.15) is 27.2 Å².